The van der Waals surface area contributed by atoms with Gasteiger partial charge in [-0.15, -0.1) is 0 Å². The number of nitrogens with one attached hydrogen (secondary N) is 1. The van der Waals surface area contributed by atoms with Crippen molar-refractivity contribution in [3.8, 4) is 0 Å². The lowest BCUT2D eigenvalue weighted by molar-refractivity contribution is 0.164. The van der Waals surface area contributed by atoms with Gasteiger partial charge >= 0.3 is 0 Å². The van der Waals surface area contributed by atoms with Gasteiger partial charge in [0.2, 0.25) is 0 Å². The smallest absolute Gasteiger partial charge is 0.259 e. The van der Waals surface area contributed by atoms with Crippen LogP contribution < -0.4 is 10.5 Å². The Hall–Kier alpha value is -0.670. The van der Waals surface area contributed by atoms with Crippen molar-refractivity contribution >= 4 is 21.6 Å². The summed E-state index contributed by atoms with van der Waals surface area (Å²) in [5.41, 5.74) is 5.52. The highest BCUT2D eigenvalue weighted by atomic mass is 35.5. The van der Waals surface area contributed by atoms with Crippen LogP contribution in [-0.4, -0.2) is 42.0 Å². The van der Waals surface area contributed by atoms with E-state index in [0.29, 0.717) is 0 Å². The lowest BCUT2D eigenvalue weighted by Gasteiger charge is -2.15. The van der Waals surface area contributed by atoms with Gasteiger partial charge in [0.05, 0.1) is 17.3 Å². The summed E-state index contributed by atoms with van der Waals surface area (Å²) in [5.74, 6) is 0. The fraction of sp³-hybridized carbons (Fsp3) is 0.625. The Bertz CT molecular complexity index is 465. The minimum Gasteiger partial charge on any atom is -0.392 e. The zero-order valence-electron chi connectivity index (χ0n) is 9.46. The molecular formula is C8H15ClN4O3S. The van der Waals surface area contributed by atoms with E-state index >= 15 is 0 Å². The van der Waals surface area contributed by atoms with E-state index in [4.69, 9.17) is 22.4 Å². The molecule has 17 heavy (non-hydrogen) atoms. The monoisotopic (exact) mass is 282 g/mol. The summed E-state index contributed by atoms with van der Waals surface area (Å²) in [6, 6.07) is -0.684. The lowest BCUT2D eigenvalue weighted by Crippen LogP contribution is -2.43. The number of aromatic nitrogens is 2. The number of rotatable bonds is 5. The second kappa shape index (κ2) is 5.32. The highest BCUT2D eigenvalue weighted by Crippen LogP contribution is 2.19. The molecule has 98 valence electrons. The number of halogens is 1. The third-order valence-corrected chi connectivity index (χ3v) is 4.15. The molecule has 1 heterocycles. The van der Waals surface area contributed by atoms with E-state index in [9.17, 15) is 8.42 Å². The van der Waals surface area contributed by atoms with E-state index in [2.05, 4.69) is 9.82 Å². The Morgan fingerprint density at radius 2 is 2.29 bits per heavy atom. The molecule has 0 aliphatic heterocycles. The van der Waals surface area contributed by atoms with Crippen LogP contribution in [0, 0.1) is 0 Å². The zero-order valence-corrected chi connectivity index (χ0v) is 11.0. The maximum absolute atomic E-state index is 11.9. The van der Waals surface area contributed by atoms with Crippen molar-refractivity contribution in [3.05, 3.63) is 11.2 Å². The first-order valence-corrected chi connectivity index (χ1v) is 6.72. The maximum atomic E-state index is 11.9. The SMILES string of the molecule is CC(O)C(N)CNS(=O)(=O)c1c(Cl)cnn1C. The Morgan fingerprint density at radius 1 is 1.71 bits per heavy atom. The molecule has 4 N–H and O–H groups in total. The Balaban J connectivity index is 2.84. The van der Waals surface area contributed by atoms with E-state index < -0.39 is 22.2 Å². The third-order valence-electron chi connectivity index (χ3n) is 2.23. The van der Waals surface area contributed by atoms with Crippen LogP contribution in [0.15, 0.2) is 11.2 Å². The molecule has 0 spiro atoms. The summed E-state index contributed by atoms with van der Waals surface area (Å²) in [6.07, 6.45) is 0.435. The first-order chi connectivity index (χ1) is 7.75. The molecule has 0 fully saturated rings. The highest BCUT2D eigenvalue weighted by molar-refractivity contribution is 7.89. The molecule has 1 aromatic heterocycles. The summed E-state index contributed by atoms with van der Waals surface area (Å²) in [4.78, 5) is 0. The average molecular weight is 283 g/mol. The van der Waals surface area contributed by atoms with Crippen LogP contribution >= 0.6 is 11.6 Å². The van der Waals surface area contributed by atoms with E-state index in [-0.39, 0.29) is 16.6 Å². The molecule has 0 aliphatic rings. The van der Waals surface area contributed by atoms with Crippen LogP contribution in [0.25, 0.3) is 0 Å². The quantitative estimate of drug-likeness (QED) is 0.646. The summed E-state index contributed by atoms with van der Waals surface area (Å²) in [7, 11) is -2.31. The van der Waals surface area contributed by atoms with E-state index in [1.807, 2.05) is 0 Å². The molecule has 2 unspecified atom stereocenters. The Morgan fingerprint density at radius 3 is 2.71 bits per heavy atom. The fourth-order valence-corrected chi connectivity index (χ4v) is 2.87. The van der Waals surface area contributed by atoms with Gasteiger partial charge < -0.3 is 10.8 Å². The minimum atomic E-state index is -3.78. The van der Waals surface area contributed by atoms with Crippen LogP contribution in [0.3, 0.4) is 0 Å². The second-order valence-corrected chi connectivity index (χ2v) is 5.77. The van der Waals surface area contributed by atoms with Gasteiger partial charge in [-0.2, -0.15) is 5.10 Å². The molecule has 0 saturated carbocycles. The average Bonchev–Trinajstić information content (AvgIpc) is 2.55. The van der Waals surface area contributed by atoms with Gasteiger partial charge in [-0.05, 0) is 6.92 Å². The number of nitrogens with zero attached hydrogens (tertiary/aromatic N) is 2. The summed E-state index contributed by atoms with van der Waals surface area (Å²) in [6.45, 7) is 1.40. The van der Waals surface area contributed by atoms with Gasteiger partial charge in [0.25, 0.3) is 10.0 Å². The fourth-order valence-electron chi connectivity index (χ4n) is 1.15. The van der Waals surface area contributed by atoms with Gasteiger partial charge in [-0.3, -0.25) is 4.68 Å². The first-order valence-electron chi connectivity index (χ1n) is 4.86. The van der Waals surface area contributed by atoms with Gasteiger partial charge in [0.15, 0.2) is 5.03 Å². The van der Waals surface area contributed by atoms with Crippen LogP contribution in [0.1, 0.15) is 6.92 Å². The van der Waals surface area contributed by atoms with Crippen LogP contribution in [0.5, 0.6) is 0 Å². The van der Waals surface area contributed by atoms with Crippen LogP contribution in [-0.2, 0) is 17.1 Å². The van der Waals surface area contributed by atoms with E-state index in [1.54, 1.807) is 0 Å². The zero-order chi connectivity index (χ0) is 13.2. The van der Waals surface area contributed by atoms with Crippen LogP contribution in [0.4, 0.5) is 0 Å². The van der Waals surface area contributed by atoms with Gasteiger partial charge in [-0.25, -0.2) is 13.1 Å². The van der Waals surface area contributed by atoms with Crippen molar-refractivity contribution in [1.29, 1.82) is 0 Å². The summed E-state index contributed by atoms with van der Waals surface area (Å²) >= 11 is 5.72. The molecule has 1 rings (SSSR count). The molecule has 0 aliphatic carbocycles. The molecule has 2 atom stereocenters. The number of aliphatic hydroxyl groups excluding tert-OH is 1. The Labute approximate surface area is 105 Å². The third kappa shape index (κ3) is 3.39. The largest absolute Gasteiger partial charge is 0.392 e. The topological polar surface area (TPSA) is 110 Å². The molecule has 1 aromatic rings. The molecular weight excluding hydrogens is 268 g/mol. The van der Waals surface area contributed by atoms with Gasteiger partial charge in [0.1, 0.15) is 0 Å². The van der Waals surface area contributed by atoms with Gasteiger partial charge in [-0.1, -0.05) is 11.6 Å². The van der Waals surface area contributed by atoms with Crippen molar-refractivity contribution < 1.29 is 13.5 Å². The number of nitrogens with two attached hydrogens (primary N) is 1. The lowest BCUT2D eigenvalue weighted by atomic mass is 10.2. The molecule has 0 bridgehead atoms. The van der Waals surface area contributed by atoms with Crippen molar-refractivity contribution in [2.75, 3.05) is 6.54 Å². The first kappa shape index (κ1) is 14.4. The highest BCUT2D eigenvalue weighted by Gasteiger charge is 2.23. The molecule has 0 aromatic carbocycles. The number of hydrogen-bond donors (Lipinski definition) is 3. The van der Waals surface area contributed by atoms with Crippen molar-refractivity contribution in [2.24, 2.45) is 12.8 Å². The van der Waals surface area contributed by atoms with Crippen molar-refractivity contribution in [2.45, 2.75) is 24.1 Å². The van der Waals surface area contributed by atoms with Crippen LogP contribution in [0.2, 0.25) is 5.02 Å². The molecule has 0 radical (unpaired) electrons. The van der Waals surface area contributed by atoms with E-state index in [0.717, 1.165) is 4.68 Å². The Kier molecular flexibility index (Phi) is 4.50. The molecule has 0 amide bonds. The van der Waals surface area contributed by atoms with Crippen molar-refractivity contribution in [1.82, 2.24) is 14.5 Å². The van der Waals surface area contributed by atoms with Gasteiger partial charge in [0, 0.05) is 19.6 Å². The number of aliphatic hydroxyl groups is 1. The predicted molar refractivity (Wildman–Crippen MR) is 63.1 cm³/mol. The number of hydrogen-bond acceptors (Lipinski definition) is 5. The summed E-state index contributed by atoms with van der Waals surface area (Å²) < 4.78 is 27.2. The second-order valence-electron chi connectivity index (χ2n) is 3.68. The molecule has 9 heteroatoms. The minimum absolute atomic E-state index is 0.0330. The summed E-state index contributed by atoms with van der Waals surface area (Å²) in [5, 5.41) is 12.8. The number of aryl methyl sites for hydroxylation is 1. The standard InChI is InChI=1S/C8H15ClN4O3S/c1-5(14)7(10)4-12-17(15,16)8-6(9)3-11-13(8)2/h3,5,7,12,14H,4,10H2,1-2H3. The maximum Gasteiger partial charge on any atom is 0.259 e. The van der Waals surface area contributed by atoms with E-state index in [1.165, 1.54) is 20.2 Å². The molecule has 7 nitrogen and oxygen atoms in total. The van der Waals surface area contributed by atoms with Crippen molar-refractivity contribution in [3.63, 3.8) is 0 Å². The number of sulfonamides is 1. The normalized spacial score (nSPS) is 15.8. The predicted octanol–water partition coefficient (Wildman–Crippen LogP) is -0.940. The molecule has 0 saturated heterocycles.